The topological polar surface area (TPSA) is 66.5 Å². The van der Waals surface area contributed by atoms with Gasteiger partial charge in [0.15, 0.2) is 9.84 Å². The Bertz CT molecular complexity index is 850. The molecule has 0 spiro atoms. The minimum absolute atomic E-state index is 0.157. The Balaban J connectivity index is 1.82. The molecule has 3 rings (SSSR count). The second kappa shape index (κ2) is 6.28. The number of para-hydroxylation sites is 1. The maximum atomic E-state index is 12.6. The quantitative estimate of drug-likeness (QED) is 0.928. The van der Waals surface area contributed by atoms with E-state index in [0.717, 1.165) is 11.1 Å². The summed E-state index contributed by atoms with van der Waals surface area (Å²) in [6.07, 6.45) is 0. The van der Waals surface area contributed by atoms with Crippen LogP contribution in [0.15, 0.2) is 53.4 Å². The number of rotatable bonds is 3. The van der Waals surface area contributed by atoms with Crippen LogP contribution >= 0.6 is 0 Å². The molecule has 0 aliphatic carbocycles. The SMILES string of the molecule is CC(C)S(=O)(=O)c1ccccc1NC(=O)N1Cc2ccccc2C1. The zero-order chi connectivity index (χ0) is 17.3. The Hall–Kier alpha value is -2.34. The Morgan fingerprint density at radius 2 is 1.54 bits per heavy atom. The van der Waals surface area contributed by atoms with Crippen LogP contribution in [0.1, 0.15) is 25.0 Å². The number of anilines is 1. The van der Waals surface area contributed by atoms with Crippen LogP contribution in [-0.4, -0.2) is 24.6 Å². The Morgan fingerprint density at radius 1 is 1.00 bits per heavy atom. The van der Waals surface area contributed by atoms with Crippen LogP contribution < -0.4 is 5.32 Å². The van der Waals surface area contributed by atoms with Gasteiger partial charge in [-0.15, -0.1) is 0 Å². The lowest BCUT2D eigenvalue weighted by atomic mass is 10.1. The van der Waals surface area contributed by atoms with Gasteiger partial charge in [-0.3, -0.25) is 0 Å². The number of sulfone groups is 1. The summed E-state index contributed by atoms with van der Waals surface area (Å²) in [5.74, 6) is 0. The van der Waals surface area contributed by atoms with Crippen molar-refractivity contribution in [3.8, 4) is 0 Å². The van der Waals surface area contributed by atoms with Crippen LogP contribution in [0.2, 0.25) is 0 Å². The first kappa shape index (κ1) is 16.5. The maximum absolute atomic E-state index is 12.6. The minimum atomic E-state index is -3.46. The fraction of sp³-hybridized carbons (Fsp3) is 0.278. The van der Waals surface area contributed by atoms with Crippen molar-refractivity contribution in [1.82, 2.24) is 4.90 Å². The van der Waals surface area contributed by atoms with E-state index >= 15 is 0 Å². The highest BCUT2D eigenvalue weighted by molar-refractivity contribution is 7.92. The average Bonchev–Trinajstić information content (AvgIpc) is 2.99. The van der Waals surface area contributed by atoms with Crippen molar-refractivity contribution < 1.29 is 13.2 Å². The summed E-state index contributed by atoms with van der Waals surface area (Å²) in [6, 6.07) is 14.1. The second-order valence-corrected chi connectivity index (χ2v) is 8.62. The second-order valence-electron chi connectivity index (χ2n) is 6.14. The monoisotopic (exact) mass is 344 g/mol. The van der Waals surface area contributed by atoms with Crippen LogP contribution in [0.25, 0.3) is 0 Å². The smallest absolute Gasteiger partial charge is 0.316 e. The number of carbonyl (C=O) groups is 1. The van der Waals surface area contributed by atoms with E-state index in [-0.39, 0.29) is 10.9 Å². The number of amides is 2. The molecule has 24 heavy (non-hydrogen) atoms. The number of carbonyl (C=O) groups excluding carboxylic acids is 1. The molecule has 0 bridgehead atoms. The molecule has 126 valence electrons. The van der Waals surface area contributed by atoms with Crippen molar-refractivity contribution in [2.24, 2.45) is 0 Å². The molecular weight excluding hydrogens is 324 g/mol. The molecule has 0 radical (unpaired) electrons. The summed E-state index contributed by atoms with van der Waals surface area (Å²) in [5.41, 5.74) is 2.57. The van der Waals surface area contributed by atoms with E-state index in [2.05, 4.69) is 5.32 Å². The van der Waals surface area contributed by atoms with E-state index in [4.69, 9.17) is 0 Å². The first-order valence-corrected chi connectivity index (χ1v) is 9.40. The lowest BCUT2D eigenvalue weighted by Gasteiger charge is -2.19. The zero-order valence-corrected chi connectivity index (χ0v) is 14.5. The molecule has 2 aromatic carbocycles. The van der Waals surface area contributed by atoms with Gasteiger partial charge >= 0.3 is 6.03 Å². The van der Waals surface area contributed by atoms with Crippen LogP contribution in [0.3, 0.4) is 0 Å². The van der Waals surface area contributed by atoms with E-state index in [1.54, 1.807) is 36.9 Å². The van der Waals surface area contributed by atoms with Gasteiger partial charge in [0.25, 0.3) is 0 Å². The molecule has 2 amide bonds. The maximum Gasteiger partial charge on any atom is 0.322 e. The third-order valence-corrected chi connectivity index (χ3v) is 6.39. The summed E-state index contributed by atoms with van der Waals surface area (Å²) < 4.78 is 24.9. The molecule has 0 saturated heterocycles. The molecule has 0 aromatic heterocycles. The summed E-state index contributed by atoms with van der Waals surface area (Å²) in [6.45, 7) is 4.32. The average molecular weight is 344 g/mol. The zero-order valence-electron chi connectivity index (χ0n) is 13.7. The summed E-state index contributed by atoms with van der Waals surface area (Å²) in [5, 5.41) is 2.21. The number of nitrogens with one attached hydrogen (secondary N) is 1. The van der Waals surface area contributed by atoms with E-state index < -0.39 is 15.1 Å². The summed E-state index contributed by atoms with van der Waals surface area (Å²) >= 11 is 0. The van der Waals surface area contributed by atoms with Gasteiger partial charge in [0.2, 0.25) is 0 Å². The summed E-state index contributed by atoms with van der Waals surface area (Å²) in [7, 11) is -3.46. The van der Waals surface area contributed by atoms with Crippen molar-refractivity contribution in [2.45, 2.75) is 37.1 Å². The molecular formula is C18H20N2O3S. The van der Waals surface area contributed by atoms with Gasteiger partial charge in [0.1, 0.15) is 0 Å². The standard InChI is InChI=1S/C18H20N2O3S/c1-13(2)24(22,23)17-10-6-5-9-16(17)19-18(21)20-11-14-7-3-4-8-15(14)12-20/h3-10,13H,11-12H2,1-2H3,(H,19,21). The van der Waals surface area contributed by atoms with Gasteiger partial charge in [-0.2, -0.15) is 0 Å². The lowest BCUT2D eigenvalue weighted by molar-refractivity contribution is 0.212. The third kappa shape index (κ3) is 3.01. The minimum Gasteiger partial charge on any atom is -0.316 e. The van der Waals surface area contributed by atoms with Gasteiger partial charge in [0, 0.05) is 13.1 Å². The van der Waals surface area contributed by atoms with Crippen molar-refractivity contribution in [2.75, 3.05) is 5.32 Å². The van der Waals surface area contributed by atoms with Gasteiger partial charge in [-0.05, 0) is 37.1 Å². The molecule has 0 unspecified atom stereocenters. The van der Waals surface area contributed by atoms with Crippen molar-refractivity contribution in [3.63, 3.8) is 0 Å². The Labute approximate surface area is 142 Å². The van der Waals surface area contributed by atoms with Gasteiger partial charge < -0.3 is 10.2 Å². The number of hydrogen-bond donors (Lipinski definition) is 1. The molecule has 0 saturated carbocycles. The molecule has 2 aromatic rings. The van der Waals surface area contributed by atoms with Crippen molar-refractivity contribution >= 4 is 21.6 Å². The normalized spacial score (nSPS) is 13.9. The predicted octanol–water partition coefficient (Wildman–Crippen LogP) is 3.42. The predicted molar refractivity (Wildman–Crippen MR) is 93.5 cm³/mol. The molecule has 0 atom stereocenters. The number of urea groups is 1. The van der Waals surface area contributed by atoms with Gasteiger partial charge in [-0.25, -0.2) is 13.2 Å². The first-order chi connectivity index (χ1) is 11.4. The number of fused-ring (bicyclic) bond motifs is 1. The molecule has 5 nitrogen and oxygen atoms in total. The number of hydrogen-bond acceptors (Lipinski definition) is 3. The van der Waals surface area contributed by atoms with E-state index in [1.165, 1.54) is 6.07 Å². The largest absolute Gasteiger partial charge is 0.322 e. The molecule has 1 aliphatic rings. The van der Waals surface area contributed by atoms with Crippen molar-refractivity contribution in [1.29, 1.82) is 0 Å². The highest BCUT2D eigenvalue weighted by atomic mass is 32.2. The highest BCUT2D eigenvalue weighted by Gasteiger charge is 2.26. The summed E-state index contributed by atoms with van der Waals surface area (Å²) in [4.78, 5) is 14.4. The van der Waals surface area contributed by atoms with E-state index in [1.807, 2.05) is 24.3 Å². The van der Waals surface area contributed by atoms with E-state index in [0.29, 0.717) is 18.8 Å². The number of nitrogens with zero attached hydrogens (tertiary/aromatic N) is 1. The van der Waals surface area contributed by atoms with E-state index in [9.17, 15) is 13.2 Å². The van der Waals surface area contributed by atoms with Crippen LogP contribution in [0, 0.1) is 0 Å². The first-order valence-electron chi connectivity index (χ1n) is 7.85. The molecule has 0 fully saturated rings. The molecule has 1 aliphatic heterocycles. The molecule has 1 N–H and O–H groups in total. The van der Waals surface area contributed by atoms with Crippen LogP contribution in [-0.2, 0) is 22.9 Å². The van der Waals surface area contributed by atoms with Crippen LogP contribution in [0.5, 0.6) is 0 Å². The Morgan fingerprint density at radius 3 is 2.12 bits per heavy atom. The molecule has 6 heteroatoms. The highest BCUT2D eigenvalue weighted by Crippen LogP contribution is 2.27. The molecule has 1 heterocycles. The third-order valence-electron chi connectivity index (χ3n) is 4.18. The van der Waals surface area contributed by atoms with Gasteiger partial charge in [0.05, 0.1) is 15.8 Å². The fourth-order valence-corrected chi connectivity index (χ4v) is 3.94. The van der Waals surface area contributed by atoms with Crippen LogP contribution in [0.4, 0.5) is 10.5 Å². The van der Waals surface area contributed by atoms with Crippen molar-refractivity contribution in [3.05, 3.63) is 59.7 Å². The number of benzene rings is 2. The fourth-order valence-electron chi connectivity index (χ4n) is 2.74. The Kier molecular flexibility index (Phi) is 4.32. The van der Waals surface area contributed by atoms with Gasteiger partial charge in [-0.1, -0.05) is 36.4 Å². The lowest BCUT2D eigenvalue weighted by Crippen LogP contribution is -2.31.